The fourth-order valence-electron chi connectivity index (χ4n) is 2.08. The molecule has 2 aliphatic rings. The van der Waals surface area contributed by atoms with Gasteiger partial charge in [-0.3, -0.25) is 4.79 Å². The number of hydrogen-bond donors (Lipinski definition) is 2. The van der Waals surface area contributed by atoms with E-state index in [0.717, 1.165) is 32.4 Å². The smallest absolute Gasteiger partial charge is 0.246 e. The fraction of sp³-hybridized carbons (Fsp3) is 0.909. The number of carbonyl (C=O) groups excluding carboxylic acids is 1. The molecule has 1 aliphatic carbocycles. The van der Waals surface area contributed by atoms with Gasteiger partial charge in [0, 0.05) is 18.6 Å². The lowest BCUT2D eigenvalue weighted by atomic mass is 9.75. The predicted molar refractivity (Wildman–Crippen MR) is 64.9 cm³/mol. The number of hydrogen-bond acceptors (Lipinski definition) is 3. The number of nitrogens with one attached hydrogen (secondary N) is 2. The molecule has 0 spiro atoms. The van der Waals surface area contributed by atoms with Gasteiger partial charge in [-0.2, -0.15) is 0 Å². The van der Waals surface area contributed by atoms with Gasteiger partial charge in [-0.25, -0.2) is 0 Å². The normalized spacial score (nSPS) is 22.6. The van der Waals surface area contributed by atoms with Crippen molar-refractivity contribution in [3.05, 3.63) is 0 Å². The van der Waals surface area contributed by atoms with Crippen LogP contribution in [0, 0.1) is 0 Å². The van der Waals surface area contributed by atoms with Crippen LogP contribution in [-0.2, 0) is 9.53 Å². The maximum atomic E-state index is 11.6. The number of amides is 1. The highest BCUT2D eigenvalue weighted by molar-refractivity contribution is 5.85. The minimum absolute atomic E-state index is 0. The molecule has 0 aromatic heterocycles. The molecule has 1 heterocycles. The first-order valence-corrected chi connectivity index (χ1v) is 5.87. The molecule has 4 nitrogen and oxygen atoms in total. The lowest BCUT2D eigenvalue weighted by molar-refractivity contribution is -0.131. The number of rotatable bonds is 5. The van der Waals surface area contributed by atoms with Crippen LogP contribution in [0.1, 0.15) is 32.6 Å². The van der Waals surface area contributed by atoms with Crippen molar-refractivity contribution in [2.75, 3.05) is 19.7 Å². The van der Waals surface area contributed by atoms with Crippen LogP contribution >= 0.6 is 12.4 Å². The lowest BCUT2D eigenvalue weighted by Crippen LogP contribution is -2.55. The van der Waals surface area contributed by atoms with Crippen molar-refractivity contribution in [2.45, 2.75) is 44.2 Å². The quantitative estimate of drug-likeness (QED) is 0.758. The molecule has 1 saturated carbocycles. The Labute approximate surface area is 103 Å². The Balaban J connectivity index is 0.00000128. The lowest BCUT2D eigenvalue weighted by Gasteiger charge is -2.42. The summed E-state index contributed by atoms with van der Waals surface area (Å²) < 4.78 is 5.42. The van der Waals surface area contributed by atoms with E-state index < -0.39 is 0 Å². The van der Waals surface area contributed by atoms with Crippen molar-refractivity contribution in [3.8, 4) is 0 Å². The minimum atomic E-state index is 0. The minimum Gasteiger partial charge on any atom is -0.366 e. The van der Waals surface area contributed by atoms with Crippen LogP contribution < -0.4 is 10.6 Å². The van der Waals surface area contributed by atoms with Crippen molar-refractivity contribution >= 4 is 18.3 Å². The van der Waals surface area contributed by atoms with Gasteiger partial charge in [-0.15, -0.1) is 12.4 Å². The average molecular weight is 249 g/mol. The average Bonchev–Trinajstić information content (AvgIpc) is 2.09. The van der Waals surface area contributed by atoms with Gasteiger partial charge in [-0.1, -0.05) is 6.92 Å². The maximum Gasteiger partial charge on any atom is 0.246 e. The van der Waals surface area contributed by atoms with E-state index in [0.29, 0.717) is 0 Å². The molecule has 2 N–H and O–H groups in total. The first-order valence-electron chi connectivity index (χ1n) is 5.87. The summed E-state index contributed by atoms with van der Waals surface area (Å²) in [4.78, 5) is 11.6. The second kappa shape index (κ2) is 5.84. The van der Waals surface area contributed by atoms with Crippen molar-refractivity contribution < 1.29 is 9.53 Å². The Morgan fingerprint density at radius 1 is 1.50 bits per heavy atom. The van der Waals surface area contributed by atoms with Crippen molar-refractivity contribution in [1.29, 1.82) is 0 Å². The predicted octanol–water partition coefficient (Wildman–Crippen LogP) is 0.845. The third-order valence-electron chi connectivity index (χ3n) is 3.59. The Hall–Kier alpha value is -0.320. The Bertz CT molecular complexity index is 235. The molecular formula is C11H21ClN2O2. The van der Waals surface area contributed by atoms with E-state index in [2.05, 4.69) is 17.6 Å². The number of carbonyl (C=O) groups is 1. The molecular weight excluding hydrogens is 228 g/mol. The van der Waals surface area contributed by atoms with Crippen molar-refractivity contribution in [1.82, 2.24) is 10.6 Å². The summed E-state index contributed by atoms with van der Waals surface area (Å²) in [5.41, 5.74) is 0.0955. The second-order valence-corrected chi connectivity index (χ2v) is 4.63. The molecule has 94 valence electrons. The molecule has 1 amide bonds. The van der Waals surface area contributed by atoms with E-state index in [1.54, 1.807) is 0 Å². The van der Waals surface area contributed by atoms with Crippen LogP contribution in [0.2, 0.25) is 0 Å². The summed E-state index contributed by atoms with van der Waals surface area (Å²) in [5.74, 6) is 0.0449. The molecule has 0 unspecified atom stereocenters. The topological polar surface area (TPSA) is 50.4 Å². The van der Waals surface area contributed by atoms with Gasteiger partial charge in [0.15, 0.2) is 0 Å². The Morgan fingerprint density at radius 2 is 2.19 bits per heavy atom. The summed E-state index contributed by atoms with van der Waals surface area (Å²) in [6, 6.07) is 0. The largest absolute Gasteiger partial charge is 0.366 e. The highest BCUT2D eigenvalue weighted by Crippen LogP contribution is 2.34. The van der Waals surface area contributed by atoms with Crippen LogP contribution in [0.15, 0.2) is 0 Å². The number of ether oxygens (including phenoxy) is 1. The molecule has 2 rings (SSSR count). The summed E-state index contributed by atoms with van der Waals surface area (Å²) in [5, 5.41) is 6.21. The highest BCUT2D eigenvalue weighted by atomic mass is 35.5. The monoisotopic (exact) mass is 248 g/mol. The van der Waals surface area contributed by atoms with E-state index in [1.807, 2.05) is 0 Å². The summed E-state index contributed by atoms with van der Waals surface area (Å²) in [7, 11) is 0. The zero-order chi connectivity index (χ0) is 10.7. The number of halogens is 1. The van der Waals surface area contributed by atoms with E-state index in [1.165, 1.54) is 6.42 Å². The van der Waals surface area contributed by atoms with Crippen LogP contribution in [0.4, 0.5) is 0 Å². The maximum absolute atomic E-state index is 11.6. The van der Waals surface area contributed by atoms with E-state index in [-0.39, 0.29) is 36.6 Å². The van der Waals surface area contributed by atoms with Gasteiger partial charge in [0.1, 0.15) is 6.61 Å². The molecule has 0 bridgehead atoms. The molecule has 5 heteroatoms. The molecule has 2 fully saturated rings. The first-order chi connectivity index (χ1) is 7.24. The van der Waals surface area contributed by atoms with Crippen LogP contribution in [0.3, 0.4) is 0 Å². The summed E-state index contributed by atoms with van der Waals surface area (Å²) in [6.45, 7) is 4.11. The van der Waals surface area contributed by atoms with E-state index >= 15 is 0 Å². The molecule has 1 saturated heterocycles. The van der Waals surface area contributed by atoms with Crippen molar-refractivity contribution in [2.24, 2.45) is 0 Å². The first kappa shape index (κ1) is 13.7. The zero-order valence-electron chi connectivity index (χ0n) is 9.75. The second-order valence-electron chi connectivity index (χ2n) is 4.63. The zero-order valence-corrected chi connectivity index (χ0v) is 10.6. The molecule has 0 atom stereocenters. The Morgan fingerprint density at radius 3 is 2.56 bits per heavy atom. The van der Waals surface area contributed by atoms with Crippen molar-refractivity contribution in [3.63, 3.8) is 0 Å². The van der Waals surface area contributed by atoms with Gasteiger partial charge in [0.25, 0.3) is 0 Å². The van der Waals surface area contributed by atoms with Crippen LogP contribution in [0.25, 0.3) is 0 Å². The van der Waals surface area contributed by atoms with Crippen LogP contribution in [0.5, 0.6) is 0 Å². The third-order valence-corrected chi connectivity index (χ3v) is 3.59. The molecule has 0 aromatic rings. The highest BCUT2D eigenvalue weighted by Gasteiger charge is 2.36. The SMILES string of the molecule is CCC1(NC(=O)COC2CNC2)CCC1.Cl. The third kappa shape index (κ3) is 3.09. The van der Waals surface area contributed by atoms with Gasteiger partial charge in [0.2, 0.25) is 5.91 Å². The van der Waals surface area contributed by atoms with Gasteiger partial charge >= 0.3 is 0 Å². The molecule has 0 aromatic carbocycles. The molecule has 16 heavy (non-hydrogen) atoms. The molecule has 0 radical (unpaired) electrons. The standard InChI is InChI=1S/C11H20N2O2.ClH/c1-2-11(4-3-5-11)13-10(14)8-15-9-6-12-7-9;/h9,12H,2-8H2,1H3,(H,13,14);1H. The van der Waals surface area contributed by atoms with E-state index in [4.69, 9.17) is 4.74 Å². The van der Waals surface area contributed by atoms with Gasteiger partial charge in [-0.05, 0) is 25.7 Å². The summed E-state index contributed by atoms with van der Waals surface area (Å²) in [6.07, 6.45) is 4.76. The van der Waals surface area contributed by atoms with Gasteiger partial charge < -0.3 is 15.4 Å². The van der Waals surface area contributed by atoms with E-state index in [9.17, 15) is 4.79 Å². The van der Waals surface area contributed by atoms with Gasteiger partial charge in [0.05, 0.1) is 6.10 Å². The van der Waals surface area contributed by atoms with Crippen LogP contribution in [-0.4, -0.2) is 37.2 Å². The summed E-state index contributed by atoms with van der Waals surface area (Å²) >= 11 is 0. The molecule has 1 aliphatic heterocycles. The fourth-order valence-corrected chi connectivity index (χ4v) is 2.08. The Kier molecular flexibility index (Phi) is 5.02.